The Labute approximate surface area is 700 Å². The van der Waals surface area contributed by atoms with Gasteiger partial charge in [-0.1, -0.05) is 74.3 Å². The van der Waals surface area contributed by atoms with Gasteiger partial charge in [-0.25, -0.2) is 0 Å². The molecule has 16 nitrogen and oxygen atoms in total. The fraction of sp³-hybridized carbons (Fsp3) is 0.762. The zero-order chi connectivity index (χ0) is 82.4. The largest absolute Gasteiger partial charge is 0.390 e. The first-order valence-electron chi connectivity index (χ1n) is 47.2. The van der Waals surface area contributed by atoms with Crippen LogP contribution in [0.2, 0.25) is 0 Å². The van der Waals surface area contributed by atoms with Gasteiger partial charge in [0.05, 0.1) is 53.1 Å². The second-order valence-electron chi connectivity index (χ2n) is 44.7. The summed E-state index contributed by atoms with van der Waals surface area (Å²) in [5.41, 5.74) is 9.98. The number of Topliss-reactive ketones (excluding diaryl/α,β-unsaturated/α-hetero) is 4. The lowest BCUT2D eigenvalue weighted by molar-refractivity contribution is -0.130. The van der Waals surface area contributed by atoms with Crippen molar-refractivity contribution in [3.63, 3.8) is 0 Å². The van der Waals surface area contributed by atoms with Gasteiger partial charge in [-0.05, 0) is 408 Å². The van der Waals surface area contributed by atoms with Gasteiger partial charge in [0.25, 0.3) is 0 Å². The molecule has 0 aromatic carbocycles. The topological polar surface area (TPSA) is 220 Å². The molecule has 12 fully saturated rings. The lowest BCUT2D eigenvalue weighted by Gasteiger charge is -2.54. The van der Waals surface area contributed by atoms with Crippen LogP contribution in [-0.4, -0.2) is 105 Å². The number of carbonyl (C=O) groups is 4. The molecule has 0 unspecified atom stereocenters. The maximum Gasteiger partial charge on any atom is 0.157 e. The van der Waals surface area contributed by atoms with Crippen LogP contribution in [0.5, 0.6) is 0 Å². The number of aliphatic hydroxyl groups is 4. The Kier molecular flexibility index (Phi) is 22.6. The van der Waals surface area contributed by atoms with Crippen molar-refractivity contribution in [2.75, 3.05) is 0 Å². The van der Waals surface area contributed by atoms with Gasteiger partial charge < -0.3 is 20.4 Å². The Morgan fingerprint density at radius 3 is 1.01 bits per heavy atom. The van der Waals surface area contributed by atoms with Gasteiger partial charge in [-0.2, -0.15) is 20.4 Å². The predicted octanol–water partition coefficient (Wildman–Crippen LogP) is 19.1. The van der Waals surface area contributed by atoms with Crippen LogP contribution in [0.15, 0.2) is 89.6 Å². The minimum absolute atomic E-state index is 0.153. The summed E-state index contributed by atoms with van der Waals surface area (Å²) in [5.74, 6) is 13.7. The van der Waals surface area contributed by atoms with Crippen molar-refractivity contribution in [2.24, 2.45) is 140 Å². The Hall–Kier alpha value is -5.68. The van der Waals surface area contributed by atoms with Crippen molar-refractivity contribution in [3.8, 4) is 0 Å². The number of allylic oxidation sites excluding steroid dienone is 4. The Bertz CT molecular complexity index is 4370. The van der Waals surface area contributed by atoms with Crippen LogP contribution >= 0.6 is 0 Å². The van der Waals surface area contributed by atoms with Crippen molar-refractivity contribution in [1.29, 1.82) is 0 Å². The molecule has 28 atom stereocenters. The van der Waals surface area contributed by atoms with Gasteiger partial charge in [0.15, 0.2) is 23.1 Å². The number of hydrogen-bond acceptors (Lipinski definition) is 12. The van der Waals surface area contributed by atoms with Gasteiger partial charge in [0, 0.05) is 53.7 Å². The van der Waals surface area contributed by atoms with Gasteiger partial charge in [-0.15, -0.1) is 0 Å². The summed E-state index contributed by atoms with van der Waals surface area (Å²) in [6, 6.07) is 6.02. The van der Waals surface area contributed by atoms with Gasteiger partial charge in [0.1, 0.15) is 13.1 Å². The molecule has 0 saturated heterocycles. The number of fused-ring (bicyclic) bond motifs is 20. The van der Waals surface area contributed by atoms with E-state index in [9.17, 15) is 39.6 Å². The van der Waals surface area contributed by atoms with E-state index in [0.29, 0.717) is 96.7 Å². The van der Waals surface area contributed by atoms with Crippen LogP contribution in [-0.2, 0) is 45.4 Å². The lowest BCUT2D eigenvalue weighted by atomic mass is 9.51. The standard InChI is InChI=1S/C26H38N2O2.3C25H36N2O2/c1-16-13-17(2)28(27-16)15-24(29)23-8-7-22-21-6-5-18-14-25(3,30)11-9-19(18)20(21)10-12-26(22,23)4;1-16-10-13-27(26-16)15-23(28)22-7-6-21-20-5-4-17-14-24(2,29)11-8-18(17)19(20)9-12-25(21,22)3;1-16-10-13-26-27(16)15-23(28)22-7-6-21-20-5-4-17-14-24(2,29)11-8-18(17)19(20)9-12-25(21,22)3;1-16-13-26-27(14-16)15-23(28)22-7-6-21-20-5-4-17-12-24(2,29)10-8-18(17)19(20)9-11-25(21,22)3/h5,13,19-23,30H,6-12,14-15H2,1-4H3;2*4,10,13,18-22,29H,5-9,11-12,14-15H2,1-3H3;4,13-14,18-22,29H,5-12,15H2,1-3H3/t19-,20+,21+,22-,23+,25+,26-;3*18-,19+,20+,21-,22+,24+,25-/m0000/s1. The first kappa shape index (κ1) is 83.6. The molecule has 20 rings (SSSR count). The number of ketones is 4. The fourth-order valence-corrected chi connectivity index (χ4v) is 31.5. The summed E-state index contributed by atoms with van der Waals surface area (Å²) in [6.07, 6.45) is 52.7. The molecule has 16 aliphatic rings. The van der Waals surface area contributed by atoms with Crippen molar-refractivity contribution in [2.45, 2.75) is 344 Å². The quantitative estimate of drug-likeness (QED) is 0.0973. The van der Waals surface area contributed by atoms with E-state index < -0.39 is 22.4 Å². The zero-order valence-corrected chi connectivity index (χ0v) is 73.9. The molecule has 16 heteroatoms. The van der Waals surface area contributed by atoms with E-state index in [1.807, 2.05) is 112 Å². The molecule has 4 aromatic heterocycles. The van der Waals surface area contributed by atoms with Gasteiger partial charge in [-0.3, -0.25) is 37.9 Å². The number of hydrogen-bond donors (Lipinski definition) is 4. The summed E-state index contributed by atoms with van der Waals surface area (Å²) in [5, 5.41) is 59.8. The first-order chi connectivity index (χ1) is 55.5. The number of aromatic nitrogens is 8. The summed E-state index contributed by atoms with van der Waals surface area (Å²) in [6.45, 7) is 29.5. The Morgan fingerprint density at radius 1 is 0.368 bits per heavy atom. The van der Waals surface area contributed by atoms with Gasteiger partial charge >= 0.3 is 0 Å². The molecule has 4 N–H and O–H groups in total. The van der Waals surface area contributed by atoms with Crippen LogP contribution in [0.25, 0.3) is 0 Å². The molecule has 0 radical (unpaired) electrons. The third-order valence-corrected chi connectivity index (χ3v) is 37.2. The number of carbonyl (C=O) groups excluding carboxylic acids is 4. The Morgan fingerprint density at radius 2 is 0.709 bits per heavy atom. The monoisotopic (exact) mass is 1600 g/mol. The average molecular weight is 1600 g/mol. The smallest absolute Gasteiger partial charge is 0.157 e. The van der Waals surface area contributed by atoms with Crippen molar-refractivity contribution >= 4 is 23.1 Å². The van der Waals surface area contributed by atoms with E-state index in [-0.39, 0.29) is 45.3 Å². The second-order valence-corrected chi connectivity index (χ2v) is 44.7. The van der Waals surface area contributed by atoms with Crippen LogP contribution in [0.4, 0.5) is 0 Å². The first-order valence-corrected chi connectivity index (χ1v) is 47.2. The van der Waals surface area contributed by atoms with E-state index in [2.05, 4.69) is 78.5 Å². The fourth-order valence-electron chi connectivity index (χ4n) is 31.5. The normalized spacial score (nSPS) is 43.6. The van der Waals surface area contributed by atoms with E-state index >= 15 is 0 Å². The highest BCUT2D eigenvalue weighted by Gasteiger charge is 2.63. The number of rotatable bonds is 12. The number of nitrogens with zero attached hydrogens (tertiary/aromatic N) is 8. The molecular formula is C101H146N8O8. The third-order valence-electron chi connectivity index (χ3n) is 37.2. The maximum atomic E-state index is 13.4. The van der Waals surface area contributed by atoms with Crippen LogP contribution in [0, 0.1) is 175 Å². The molecule has 4 aromatic rings. The maximum absolute atomic E-state index is 13.4. The summed E-state index contributed by atoms with van der Waals surface area (Å²) >= 11 is 0. The molecule has 638 valence electrons. The summed E-state index contributed by atoms with van der Waals surface area (Å²) < 4.78 is 7.42. The molecule has 4 heterocycles. The average Bonchev–Trinajstić information content (AvgIpc) is 1.64. The zero-order valence-electron chi connectivity index (χ0n) is 73.9. The van der Waals surface area contributed by atoms with Crippen molar-refractivity contribution in [3.05, 3.63) is 118 Å². The molecule has 0 amide bonds. The van der Waals surface area contributed by atoms with Crippen LogP contribution < -0.4 is 0 Å². The molecule has 16 aliphatic carbocycles. The number of aryl methyl sites for hydroxylation is 5. The summed E-state index contributed by atoms with van der Waals surface area (Å²) in [4.78, 5) is 53.2. The predicted molar refractivity (Wildman–Crippen MR) is 457 cm³/mol. The molecule has 12 saturated carbocycles. The highest BCUT2D eigenvalue weighted by Crippen LogP contribution is 2.69. The van der Waals surface area contributed by atoms with E-state index in [1.54, 1.807) is 6.20 Å². The second kappa shape index (κ2) is 31.6. The molecule has 0 bridgehead atoms. The van der Waals surface area contributed by atoms with E-state index in [4.69, 9.17) is 0 Å². The minimum Gasteiger partial charge on any atom is -0.390 e. The highest BCUT2D eigenvalue weighted by molar-refractivity contribution is 5.84. The van der Waals surface area contributed by atoms with E-state index in [0.717, 1.165) is 204 Å². The van der Waals surface area contributed by atoms with Crippen molar-refractivity contribution in [1.82, 2.24) is 39.1 Å². The SMILES string of the molecule is Cc1cc(C)n(CC(=O)[C@H]2CC[C@H]3[C@@H]4CC=C5C[C@](C)(O)CC[C@@H]5[C@H]4CC[C@]23C)n1.Cc1ccn(CC(=O)[C@H]2CC[C@H]3[C@@H]4CC=C5C[C@](C)(O)CC[C@@H]5[C@H]4CC[C@]23C)n1.Cc1ccnn1CC(=O)[C@H]1CC[C@H]2[C@@H]3CC=C4C[C@](C)(O)CC[C@@H]4[C@H]3CC[C@]12C.Cc1cnn(CC(=O)[C@H]2CC[C@H]3[C@@H]4CC=C5C[C@](C)(O)CC[C@@H]5[C@H]4CC[C@]23C)c1. The highest BCUT2D eigenvalue weighted by atomic mass is 16.3. The summed E-state index contributed by atoms with van der Waals surface area (Å²) in [7, 11) is 0. The molecular weight excluding hydrogens is 1450 g/mol. The van der Waals surface area contributed by atoms with Gasteiger partial charge in [0.2, 0.25) is 0 Å². The van der Waals surface area contributed by atoms with Crippen molar-refractivity contribution < 1.29 is 39.6 Å². The Balaban J connectivity index is 0.000000112. The van der Waals surface area contributed by atoms with Crippen LogP contribution in [0.1, 0.15) is 289 Å². The van der Waals surface area contributed by atoms with Crippen LogP contribution in [0.3, 0.4) is 0 Å². The molecule has 0 aliphatic heterocycles. The molecule has 117 heavy (non-hydrogen) atoms. The molecule has 0 spiro atoms. The van der Waals surface area contributed by atoms with E-state index in [1.165, 1.54) is 99.3 Å². The third kappa shape index (κ3) is 15.8. The minimum atomic E-state index is -0.508. The lowest BCUT2D eigenvalue weighted by Crippen LogP contribution is -2.48.